The highest BCUT2D eigenvalue weighted by Crippen LogP contribution is 2.21. The summed E-state index contributed by atoms with van der Waals surface area (Å²) >= 11 is 0. The standard InChI is InChI=1S/C18H22FNO/c1-4-20-11-16-10-17(19)5-6-18(16)21-12-15-8-13(2)7-14(3)9-15/h5-10,20H,4,11-12H2,1-3H3. The molecule has 0 bridgehead atoms. The molecule has 0 aliphatic rings. The molecule has 0 saturated heterocycles. The summed E-state index contributed by atoms with van der Waals surface area (Å²) in [4.78, 5) is 0. The van der Waals surface area contributed by atoms with Gasteiger partial charge in [0, 0.05) is 12.1 Å². The lowest BCUT2D eigenvalue weighted by Crippen LogP contribution is -2.13. The van der Waals surface area contributed by atoms with Crippen LogP contribution in [-0.4, -0.2) is 6.54 Å². The summed E-state index contributed by atoms with van der Waals surface area (Å²) in [7, 11) is 0. The fourth-order valence-corrected chi connectivity index (χ4v) is 2.40. The zero-order valence-electron chi connectivity index (χ0n) is 12.9. The molecule has 21 heavy (non-hydrogen) atoms. The molecule has 0 fully saturated rings. The van der Waals surface area contributed by atoms with Crippen LogP contribution in [0.1, 0.15) is 29.2 Å². The second-order valence-corrected chi connectivity index (χ2v) is 5.32. The van der Waals surface area contributed by atoms with Crippen LogP contribution in [0.3, 0.4) is 0 Å². The van der Waals surface area contributed by atoms with Gasteiger partial charge in [-0.05, 0) is 44.2 Å². The van der Waals surface area contributed by atoms with Crippen molar-refractivity contribution < 1.29 is 9.13 Å². The molecule has 0 spiro atoms. The molecule has 1 N–H and O–H groups in total. The van der Waals surface area contributed by atoms with Gasteiger partial charge in [0.1, 0.15) is 18.2 Å². The maximum absolute atomic E-state index is 13.4. The van der Waals surface area contributed by atoms with Gasteiger partial charge in [0.2, 0.25) is 0 Å². The SMILES string of the molecule is CCNCc1cc(F)ccc1OCc1cc(C)cc(C)c1. The number of ether oxygens (including phenoxy) is 1. The minimum absolute atomic E-state index is 0.235. The Bertz CT molecular complexity index is 590. The van der Waals surface area contributed by atoms with Crippen molar-refractivity contribution in [2.45, 2.75) is 33.9 Å². The van der Waals surface area contributed by atoms with Gasteiger partial charge >= 0.3 is 0 Å². The molecule has 0 aliphatic carbocycles. The van der Waals surface area contributed by atoms with E-state index in [2.05, 4.69) is 37.4 Å². The van der Waals surface area contributed by atoms with E-state index in [-0.39, 0.29) is 5.82 Å². The van der Waals surface area contributed by atoms with E-state index in [0.717, 1.165) is 23.4 Å². The molecule has 3 heteroatoms. The lowest BCUT2D eigenvalue weighted by molar-refractivity contribution is 0.301. The Balaban J connectivity index is 2.11. The van der Waals surface area contributed by atoms with E-state index in [4.69, 9.17) is 4.74 Å². The summed E-state index contributed by atoms with van der Waals surface area (Å²) in [6.07, 6.45) is 0. The Labute approximate surface area is 126 Å². The van der Waals surface area contributed by atoms with Gasteiger partial charge in [-0.1, -0.05) is 36.2 Å². The van der Waals surface area contributed by atoms with Crippen molar-refractivity contribution in [1.29, 1.82) is 0 Å². The molecule has 0 radical (unpaired) electrons. The Morgan fingerprint density at radius 2 is 1.76 bits per heavy atom. The van der Waals surface area contributed by atoms with E-state index >= 15 is 0 Å². The molecule has 0 unspecified atom stereocenters. The van der Waals surface area contributed by atoms with Crippen LogP contribution in [0.4, 0.5) is 4.39 Å². The summed E-state index contributed by atoms with van der Waals surface area (Å²) in [5.41, 5.74) is 4.42. The van der Waals surface area contributed by atoms with Gasteiger partial charge in [-0.2, -0.15) is 0 Å². The summed E-state index contributed by atoms with van der Waals surface area (Å²) in [6, 6.07) is 11.0. The molecule has 0 saturated carbocycles. The molecular weight excluding hydrogens is 265 g/mol. The zero-order valence-corrected chi connectivity index (χ0v) is 12.9. The number of aryl methyl sites for hydroxylation is 2. The first-order valence-electron chi connectivity index (χ1n) is 7.27. The fraction of sp³-hybridized carbons (Fsp3) is 0.333. The minimum Gasteiger partial charge on any atom is -0.489 e. The van der Waals surface area contributed by atoms with Gasteiger partial charge < -0.3 is 10.1 Å². The van der Waals surface area contributed by atoms with Crippen molar-refractivity contribution in [3.8, 4) is 5.75 Å². The van der Waals surface area contributed by atoms with Gasteiger partial charge in [-0.3, -0.25) is 0 Å². The lowest BCUT2D eigenvalue weighted by atomic mass is 10.1. The number of halogens is 1. The predicted octanol–water partition coefficient (Wildman–Crippen LogP) is 4.13. The highest BCUT2D eigenvalue weighted by molar-refractivity contribution is 5.35. The molecule has 0 aliphatic heterocycles. The second kappa shape index (κ2) is 7.23. The van der Waals surface area contributed by atoms with Crippen molar-refractivity contribution >= 4 is 0 Å². The van der Waals surface area contributed by atoms with Crippen LogP contribution in [0.15, 0.2) is 36.4 Å². The molecule has 2 aromatic carbocycles. The van der Waals surface area contributed by atoms with Gasteiger partial charge in [0.25, 0.3) is 0 Å². The Morgan fingerprint density at radius 3 is 2.43 bits per heavy atom. The first-order valence-corrected chi connectivity index (χ1v) is 7.27. The molecule has 112 valence electrons. The van der Waals surface area contributed by atoms with Crippen LogP contribution < -0.4 is 10.1 Å². The Hall–Kier alpha value is -1.87. The average molecular weight is 287 g/mol. The van der Waals surface area contributed by atoms with Crippen LogP contribution in [0.25, 0.3) is 0 Å². The quantitative estimate of drug-likeness (QED) is 0.862. The molecule has 2 nitrogen and oxygen atoms in total. The highest BCUT2D eigenvalue weighted by Gasteiger charge is 2.06. The summed E-state index contributed by atoms with van der Waals surface area (Å²) in [5.74, 6) is 0.498. The van der Waals surface area contributed by atoms with Crippen LogP contribution in [0.5, 0.6) is 5.75 Å². The first kappa shape index (κ1) is 15.5. The predicted molar refractivity (Wildman–Crippen MR) is 84.0 cm³/mol. The van der Waals surface area contributed by atoms with Crippen molar-refractivity contribution in [2.24, 2.45) is 0 Å². The van der Waals surface area contributed by atoms with E-state index in [1.54, 1.807) is 6.07 Å². The normalized spacial score (nSPS) is 10.7. The van der Waals surface area contributed by atoms with E-state index < -0.39 is 0 Å². The van der Waals surface area contributed by atoms with E-state index in [9.17, 15) is 4.39 Å². The second-order valence-electron chi connectivity index (χ2n) is 5.32. The fourth-order valence-electron chi connectivity index (χ4n) is 2.40. The van der Waals surface area contributed by atoms with Gasteiger partial charge in [-0.15, -0.1) is 0 Å². The molecule has 0 aromatic heterocycles. The van der Waals surface area contributed by atoms with Crippen LogP contribution in [-0.2, 0) is 13.2 Å². The Kier molecular flexibility index (Phi) is 5.34. The molecule has 2 rings (SSSR count). The minimum atomic E-state index is -0.235. The van der Waals surface area contributed by atoms with Crippen molar-refractivity contribution in [2.75, 3.05) is 6.54 Å². The summed E-state index contributed by atoms with van der Waals surface area (Å²) in [6.45, 7) is 8.11. The summed E-state index contributed by atoms with van der Waals surface area (Å²) in [5, 5.41) is 3.20. The first-order chi connectivity index (χ1) is 10.1. The molecule has 2 aromatic rings. The molecular formula is C18H22FNO. The maximum Gasteiger partial charge on any atom is 0.124 e. The number of benzene rings is 2. The van der Waals surface area contributed by atoms with Crippen LogP contribution in [0.2, 0.25) is 0 Å². The van der Waals surface area contributed by atoms with E-state index in [0.29, 0.717) is 13.2 Å². The smallest absolute Gasteiger partial charge is 0.124 e. The van der Waals surface area contributed by atoms with Gasteiger partial charge in [-0.25, -0.2) is 4.39 Å². The molecule has 0 amide bonds. The van der Waals surface area contributed by atoms with Crippen LogP contribution >= 0.6 is 0 Å². The third-order valence-corrected chi connectivity index (χ3v) is 3.26. The number of hydrogen-bond acceptors (Lipinski definition) is 2. The monoisotopic (exact) mass is 287 g/mol. The maximum atomic E-state index is 13.4. The van der Waals surface area contributed by atoms with Gasteiger partial charge in [0.05, 0.1) is 0 Å². The third kappa shape index (κ3) is 4.57. The number of nitrogens with one attached hydrogen (secondary N) is 1. The van der Waals surface area contributed by atoms with Gasteiger partial charge in [0.15, 0.2) is 0 Å². The molecule has 0 heterocycles. The van der Waals surface area contributed by atoms with Crippen molar-refractivity contribution in [3.63, 3.8) is 0 Å². The summed E-state index contributed by atoms with van der Waals surface area (Å²) < 4.78 is 19.2. The lowest BCUT2D eigenvalue weighted by Gasteiger charge is -2.13. The highest BCUT2D eigenvalue weighted by atomic mass is 19.1. The Morgan fingerprint density at radius 1 is 1.05 bits per heavy atom. The average Bonchev–Trinajstić information content (AvgIpc) is 2.43. The van der Waals surface area contributed by atoms with E-state index in [1.165, 1.54) is 23.3 Å². The van der Waals surface area contributed by atoms with E-state index in [1.807, 2.05) is 6.92 Å². The van der Waals surface area contributed by atoms with Crippen LogP contribution in [0, 0.1) is 19.7 Å². The largest absolute Gasteiger partial charge is 0.489 e. The number of rotatable bonds is 6. The third-order valence-electron chi connectivity index (χ3n) is 3.26. The zero-order chi connectivity index (χ0) is 15.2. The molecule has 0 atom stereocenters. The van der Waals surface area contributed by atoms with Crippen molar-refractivity contribution in [3.05, 3.63) is 64.5 Å². The topological polar surface area (TPSA) is 21.3 Å². The van der Waals surface area contributed by atoms with Crippen molar-refractivity contribution in [1.82, 2.24) is 5.32 Å². The number of hydrogen-bond donors (Lipinski definition) is 1.